The SMILES string of the molecule is Cc1c(C(F)F)cc(I)nc1I. The molecule has 0 saturated carbocycles. The Morgan fingerprint density at radius 2 is 2.00 bits per heavy atom. The van der Waals surface area contributed by atoms with E-state index in [2.05, 4.69) is 4.98 Å². The minimum Gasteiger partial charge on any atom is -0.236 e. The van der Waals surface area contributed by atoms with Crippen LogP contribution in [0.5, 0.6) is 0 Å². The first-order valence-corrected chi connectivity index (χ1v) is 5.29. The lowest BCUT2D eigenvalue weighted by Crippen LogP contribution is -1.97. The number of pyridine rings is 1. The topological polar surface area (TPSA) is 12.9 Å². The Bertz CT molecular complexity index is 302. The molecule has 0 unspecified atom stereocenters. The number of rotatable bonds is 1. The molecule has 0 fully saturated rings. The monoisotopic (exact) mass is 395 g/mol. The summed E-state index contributed by atoms with van der Waals surface area (Å²) in [5.41, 5.74) is 0.657. The summed E-state index contributed by atoms with van der Waals surface area (Å²) in [7, 11) is 0. The maximum atomic E-state index is 12.4. The van der Waals surface area contributed by atoms with Gasteiger partial charge < -0.3 is 0 Å². The maximum Gasteiger partial charge on any atom is 0.264 e. The van der Waals surface area contributed by atoms with Gasteiger partial charge >= 0.3 is 0 Å². The average molecular weight is 395 g/mol. The highest BCUT2D eigenvalue weighted by Gasteiger charge is 2.13. The Morgan fingerprint density at radius 1 is 1.42 bits per heavy atom. The van der Waals surface area contributed by atoms with Crippen LogP contribution in [0.3, 0.4) is 0 Å². The molecule has 1 rings (SSSR count). The molecule has 0 spiro atoms. The molecule has 1 aromatic heterocycles. The number of nitrogens with zero attached hydrogens (tertiary/aromatic N) is 1. The fraction of sp³-hybridized carbons (Fsp3) is 0.286. The van der Waals surface area contributed by atoms with Gasteiger partial charge in [-0.05, 0) is 63.7 Å². The summed E-state index contributed by atoms with van der Waals surface area (Å²) in [6, 6.07) is 1.42. The standard InChI is InChI=1S/C7H5F2I2N/c1-3-4(6(8)9)2-5(10)12-7(3)11/h2,6H,1H3. The van der Waals surface area contributed by atoms with Crippen LogP contribution in [0.2, 0.25) is 0 Å². The van der Waals surface area contributed by atoms with E-state index in [1.807, 2.05) is 45.2 Å². The van der Waals surface area contributed by atoms with Gasteiger partial charge in [0.05, 0.1) is 0 Å². The van der Waals surface area contributed by atoms with Gasteiger partial charge in [0.1, 0.15) is 7.40 Å². The van der Waals surface area contributed by atoms with E-state index in [-0.39, 0.29) is 5.56 Å². The van der Waals surface area contributed by atoms with Crippen molar-refractivity contribution < 1.29 is 8.78 Å². The second-order valence-electron chi connectivity index (χ2n) is 2.25. The third kappa shape index (κ3) is 2.24. The largest absolute Gasteiger partial charge is 0.264 e. The van der Waals surface area contributed by atoms with E-state index in [9.17, 15) is 8.78 Å². The van der Waals surface area contributed by atoms with Crippen LogP contribution in [0.25, 0.3) is 0 Å². The second-order valence-corrected chi connectivity index (χ2v) is 4.38. The molecule has 1 aromatic rings. The van der Waals surface area contributed by atoms with Crippen molar-refractivity contribution in [3.8, 4) is 0 Å². The molecule has 0 bridgehead atoms. The molecule has 5 heteroatoms. The molecule has 0 atom stereocenters. The van der Waals surface area contributed by atoms with E-state index in [4.69, 9.17) is 0 Å². The van der Waals surface area contributed by atoms with Gasteiger partial charge in [-0.1, -0.05) is 0 Å². The number of alkyl halides is 2. The van der Waals surface area contributed by atoms with E-state index in [1.54, 1.807) is 6.92 Å². The Morgan fingerprint density at radius 3 is 2.50 bits per heavy atom. The van der Waals surface area contributed by atoms with Crippen LogP contribution in [-0.4, -0.2) is 4.98 Å². The Hall–Kier alpha value is 0.470. The van der Waals surface area contributed by atoms with E-state index in [0.29, 0.717) is 13.0 Å². The molecule has 0 aromatic carbocycles. The van der Waals surface area contributed by atoms with Gasteiger partial charge in [0.15, 0.2) is 0 Å². The highest BCUT2D eigenvalue weighted by molar-refractivity contribution is 14.1. The molecule has 1 heterocycles. The van der Waals surface area contributed by atoms with Crippen LogP contribution >= 0.6 is 45.2 Å². The van der Waals surface area contributed by atoms with Gasteiger partial charge in [0, 0.05) is 5.56 Å². The Labute approximate surface area is 96.2 Å². The van der Waals surface area contributed by atoms with Gasteiger partial charge in [-0.2, -0.15) is 0 Å². The minimum atomic E-state index is -2.41. The zero-order chi connectivity index (χ0) is 9.30. The summed E-state index contributed by atoms with van der Waals surface area (Å²) in [6.45, 7) is 1.66. The van der Waals surface area contributed by atoms with Crippen LogP contribution in [0.15, 0.2) is 6.07 Å². The zero-order valence-electron chi connectivity index (χ0n) is 6.11. The summed E-state index contributed by atoms with van der Waals surface area (Å²) in [4.78, 5) is 4.06. The lowest BCUT2D eigenvalue weighted by atomic mass is 10.2. The first-order chi connectivity index (χ1) is 5.52. The second kappa shape index (κ2) is 4.12. The average Bonchev–Trinajstić information content (AvgIpc) is 1.96. The molecule has 0 N–H and O–H groups in total. The summed E-state index contributed by atoms with van der Waals surface area (Å²) in [5.74, 6) is 0. The summed E-state index contributed by atoms with van der Waals surface area (Å²) in [5, 5.41) is 0. The van der Waals surface area contributed by atoms with Crippen LogP contribution in [-0.2, 0) is 0 Å². The Balaban J connectivity index is 3.28. The van der Waals surface area contributed by atoms with Crippen molar-refractivity contribution in [3.05, 3.63) is 24.6 Å². The molecule has 0 aliphatic carbocycles. The Kier molecular flexibility index (Phi) is 3.62. The van der Waals surface area contributed by atoms with Crippen molar-refractivity contribution in [2.24, 2.45) is 0 Å². The molecule has 66 valence electrons. The van der Waals surface area contributed by atoms with E-state index in [0.717, 1.165) is 0 Å². The van der Waals surface area contributed by atoms with E-state index < -0.39 is 6.43 Å². The molecule has 0 saturated heterocycles. The molecule has 12 heavy (non-hydrogen) atoms. The van der Waals surface area contributed by atoms with Crippen molar-refractivity contribution in [2.45, 2.75) is 13.3 Å². The van der Waals surface area contributed by atoms with Gasteiger partial charge in [-0.3, -0.25) is 0 Å². The number of hydrogen-bond donors (Lipinski definition) is 0. The quantitative estimate of drug-likeness (QED) is 0.524. The molecule has 0 aliphatic heterocycles. The molecule has 1 nitrogen and oxygen atoms in total. The maximum absolute atomic E-state index is 12.4. The fourth-order valence-corrected chi connectivity index (χ4v) is 2.40. The van der Waals surface area contributed by atoms with Crippen molar-refractivity contribution in [3.63, 3.8) is 0 Å². The summed E-state index contributed by atoms with van der Waals surface area (Å²) < 4.78 is 26.0. The van der Waals surface area contributed by atoms with Crippen LogP contribution in [0.4, 0.5) is 8.78 Å². The highest BCUT2D eigenvalue weighted by Crippen LogP contribution is 2.25. The van der Waals surface area contributed by atoms with Crippen LogP contribution < -0.4 is 0 Å². The third-order valence-corrected chi connectivity index (χ3v) is 3.06. The predicted molar refractivity (Wildman–Crippen MR) is 59.4 cm³/mol. The number of halogens is 4. The predicted octanol–water partition coefficient (Wildman–Crippen LogP) is 3.54. The van der Waals surface area contributed by atoms with E-state index in [1.165, 1.54) is 6.07 Å². The fourth-order valence-electron chi connectivity index (χ4n) is 0.792. The smallest absolute Gasteiger partial charge is 0.236 e. The molecule has 0 aliphatic rings. The number of hydrogen-bond acceptors (Lipinski definition) is 1. The van der Waals surface area contributed by atoms with E-state index >= 15 is 0 Å². The van der Waals surface area contributed by atoms with Crippen LogP contribution in [0, 0.1) is 14.3 Å². The highest BCUT2D eigenvalue weighted by atomic mass is 127. The molecule has 0 amide bonds. The van der Waals surface area contributed by atoms with Gasteiger partial charge in [-0.25, -0.2) is 13.8 Å². The first kappa shape index (κ1) is 10.6. The number of aromatic nitrogens is 1. The molecular formula is C7H5F2I2N. The summed E-state index contributed by atoms with van der Waals surface area (Å²) in [6.07, 6.45) is -2.41. The van der Waals surface area contributed by atoms with Gasteiger partial charge in [0.2, 0.25) is 0 Å². The lowest BCUT2D eigenvalue weighted by molar-refractivity contribution is 0.150. The minimum absolute atomic E-state index is 0.0822. The summed E-state index contributed by atoms with van der Waals surface area (Å²) >= 11 is 3.89. The first-order valence-electron chi connectivity index (χ1n) is 3.13. The lowest BCUT2D eigenvalue weighted by Gasteiger charge is -2.06. The molecule has 0 radical (unpaired) electrons. The van der Waals surface area contributed by atoms with Crippen molar-refractivity contribution >= 4 is 45.2 Å². The van der Waals surface area contributed by atoms with Crippen molar-refractivity contribution in [1.82, 2.24) is 4.98 Å². The van der Waals surface area contributed by atoms with Crippen molar-refractivity contribution in [1.29, 1.82) is 0 Å². The van der Waals surface area contributed by atoms with Gasteiger partial charge in [-0.15, -0.1) is 0 Å². The zero-order valence-corrected chi connectivity index (χ0v) is 10.4. The third-order valence-electron chi connectivity index (χ3n) is 1.46. The normalized spacial score (nSPS) is 10.8. The molecular weight excluding hydrogens is 390 g/mol. The van der Waals surface area contributed by atoms with Crippen LogP contribution in [0.1, 0.15) is 17.6 Å². The van der Waals surface area contributed by atoms with Gasteiger partial charge in [0.25, 0.3) is 6.43 Å². The van der Waals surface area contributed by atoms with Crippen molar-refractivity contribution in [2.75, 3.05) is 0 Å².